The quantitative estimate of drug-likeness (QED) is 0.414. The molecule has 0 atom stereocenters. The van der Waals surface area contributed by atoms with Gasteiger partial charge in [0, 0.05) is 16.7 Å². The van der Waals surface area contributed by atoms with Crippen molar-refractivity contribution in [2.45, 2.75) is 0 Å². The number of carbonyl (C=O) groups excluding carboxylic acids is 2. The predicted octanol–water partition coefficient (Wildman–Crippen LogP) is 5.47. The van der Waals surface area contributed by atoms with Crippen molar-refractivity contribution in [2.24, 2.45) is 0 Å². The summed E-state index contributed by atoms with van der Waals surface area (Å²) < 4.78 is 18.6. The first-order valence-corrected chi connectivity index (χ1v) is 9.15. The predicted molar refractivity (Wildman–Crippen MR) is 110 cm³/mol. The van der Waals surface area contributed by atoms with Gasteiger partial charge in [-0.05, 0) is 65.4 Å². The molecule has 0 aliphatic heterocycles. The Kier molecular flexibility index (Phi) is 5.16. The van der Waals surface area contributed by atoms with Crippen LogP contribution in [0.2, 0.25) is 0 Å². The van der Waals surface area contributed by atoms with Gasteiger partial charge < -0.3 is 4.74 Å². The largest absolute Gasteiger partial charge is 0.485 e. The number of halogens is 1. The van der Waals surface area contributed by atoms with E-state index in [9.17, 15) is 14.0 Å². The van der Waals surface area contributed by atoms with E-state index < -0.39 is 0 Å². The zero-order valence-corrected chi connectivity index (χ0v) is 15.5. The van der Waals surface area contributed by atoms with Crippen molar-refractivity contribution in [3.63, 3.8) is 0 Å². The molecule has 142 valence electrons. The Morgan fingerprint density at radius 2 is 1.28 bits per heavy atom. The minimum Gasteiger partial charge on any atom is -0.485 e. The highest BCUT2D eigenvalue weighted by molar-refractivity contribution is 6.09. The van der Waals surface area contributed by atoms with Gasteiger partial charge in [0.2, 0.25) is 0 Å². The van der Waals surface area contributed by atoms with E-state index in [2.05, 4.69) is 0 Å². The molecule has 0 amide bonds. The minimum absolute atomic E-state index is 0.0937. The van der Waals surface area contributed by atoms with E-state index in [1.54, 1.807) is 30.3 Å². The van der Waals surface area contributed by atoms with Gasteiger partial charge in [-0.15, -0.1) is 0 Å². The Balaban J connectivity index is 1.41. The summed E-state index contributed by atoms with van der Waals surface area (Å²) in [4.78, 5) is 24.8. The lowest BCUT2D eigenvalue weighted by Gasteiger charge is -2.08. The minimum atomic E-state index is -0.388. The van der Waals surface area contributed by atoms with E-state index in [1.807, 2.05) is 36.4 Å². The normalized spacial score (nSPS) is 10.7. The summed E-state index contributed by atoms with van der Waals surface area (Å²) in [7, 11) is 0. The third kappa shape index (κ3) is 4.22. The highest BCUT2D eigenvalue weighted by Crippen LogP contribution is 2.18. The van der Waals surface area contributed by atoms with Crippen LogP contribution in [-0.2, 0) is 0 Å². The third-order valence-corrected chi connectivity index (χ3v) is 4.66. The van der Waals surface area contributed by atoms with Crippen molar-refractivity contribution < 1.29 is 18.7 Å². The average molecular weight is 384 g/mol. The number of ether oxygens (including phenoxy) is 1. The molecule has 4 heteroatoms. The smallest absolute Gasteiger partial charge is 0.200 e. The van der Waals surface area contributed by atoms with E-state index >= 15 is 0 Å². The van der Waals surface area contributed by atoms with E-state index in [4.69, 9.17) is 4.74 Å². The number of rotatable bonds is 6. The van der Waals surface area contributed by atoms with Gasteiger partial charge >= 0.3 is 0 Å². The number of benzene rings is 4. The second kappa shape index (κ2) is 8.07. The van der Waals surface area contributed by atoms with Crippen molar-refractivity contribution in [2.75, 3.05) is 6.61 Å². The van der Waals surface area contributed by atoms with E-state index in [-0.39, 0.29) is 24.0 Å². The Morgan fingerprint density at radius 3 is 1.97 bits per heavy atom. The highest BCUT2D eigenvalue weighted by atomic mass is 19.1. The maximum absolute atomic E-state index is 13.0. The van der Waals surface area contributed by atoms with Crippen molar-refractivity contribution in [3.05, 3.63) is 114 Å². The monoisotopic (exact) mass is 384 g/mol. The van der Waals surface area contributed by atoms with Gasteiger partial charge in [-0.2, -0.15) is 0 Å². The van der Waals surface area contributed by atoms with E-state index in [1.165, 1.54) is 24.3 Å². The average Bonchev–Trinajstić information content (AvgIpc) is 2.77. The van der Waals surface area contributed by atoms with Gasteiger partial charge in [0.25, 0.3) is 0 Å². The van der Waals surface area contributed by atoms with Crippen LogP contribution in [0, 0.1) is 5.82 Å². The van der Waals surface area contributed by atoms with Gasteiger partial charge in [0.1, 0.15) is 11.6 Å². The highest BCUT2D eigenvalue weighted by Gasteiger charge is 2.11. The SMILES string of the molecule is O=C(COc1ccc(C(=O)c2ccc(F)cc2)cc1)c1ccc2ccccc2c1. The summed E-state index contributed by atoms with van der Waals surface area (Å²) in [6, 6.07) is 25.3. The van der Waals surface area contributed by atoms with Crippen LogP contribution in [0.4, 0.5) is 4.39 Å². The van der Waals surface area contributed by atoms with Crippen molar-refractivity contribution in [1.29, 1.82) is 0 Å². The number of ketones is 2. The lowest BCUT2D eigenvalue weighted by Crippen LogP contribution is -2.11. The Bertz CT molecular complexity index is 1180. The van der Waals surface area contributed by atoms with Crippen molar-refractivity contribution in [3.8, 4) is 5.75 Å². The lowest BCUT2D eigenvalue weighted by molar-refractivity contribution is 0.0921. The van der Waals surface area contributed by atoms with Crippen LogP contribution in [0.3, 0.4) is 0 Å². The summed E-state index contributed by atoms with van der Waals surface area (Å²) in [5.74, 6) is -0.220. The maximum Gasteiger partial charge on any atom is 0.200 e. The van der Waals surface area contributed by atoms with Crippen LogP contribution in [0.5, 0.6) is 5.75 Å². The first kappa shape index (κ1) is 18.6. The summed E-state index contributed by atoms with van der Waals surface area (Å²) in [6.45, 7) is -0.0937. The number of Topliss-reactive ketones (excluding diaryl/α,β-unsaturated/α-hetero) is 1. The molecule has 3 nitrogen and oxygen atoms in total. The van der Waals surface area contributed by atoms with Crippen LogP contribution in [-0.4, -0.2) is 18.2 Å². The van der Waals surface area contributed by atoms with Crippen LogP contribution < -0.4 is 4.74 Å². The zero-order chi connectivity index (χ0) is 20.2. The molecule has 4 aromatic rings. The number of hydrogen-bond acceptors (Lipinski definition) is 3. The molecule has 0 radical (unpaired) electrons. The van der Waals surface area contributed by atoms with Gasteiger partial charge in [-0.25, -0.2) is 4.39 Å². The van der Waals surface area contributed by atoms with Gasteiger partial charge in [-0.1, -0.05) is 36.4 Å². The van der Waals surface area contributed by atoms with Crippen LogP contribution >= 0.6 is 0 Å². The van der Waals surface area contributed by atoms with Crippen LogP contribution in [0.25, 0.3) is 10.8 Å². The molecule has 0 heterocycles. The second-order valence-corrected chi connectivity index (χ2v) is 6.63. The fourth-order valence-electron chi connectivity index (χ4n) is 3.07. The molecule has 0 unspecified atom stereocenters. The standard InChI is InChI=1S/C25H17FO3/c26-22-11-7-18(8-12-22)25(28)19-9-13-23(14-10-19)29-16-24(27)21-6-5-17-3-1-2-4-20(17)15-21/h1-15H,16H2. The first-order valence-electron chi connectivity index (χ1n) is 9.15. The third-order valence-electron chi connectivity index (χ3n) is 4.66. The molecular weight excluding hydrogens is 367 g/mol. The van der Waals surface area contributed by atoms with Gasteiger partial charge in [0.05, 0.1) is 0 Å². The molecule has 0 aromatic heterocycles. The van der Waals surface area contributed by atoms with Gasteiger partial charge in [0.15, 0.2) is 18.2 Å². The van der Waals surface area contributed by atoms with Crippen LogP contribution in [0.15, 0.2) is 91.0 Å². The molecule has 0 spiro atoms. The first-order chi connectivity index (χ1) is 14.1. The topological polar surface area (TPSA) is 43.4 Å². The zero-order valence-electron chi connectivity index (χ0n) is 15.5. The molecule has 0 bridgehead atoms. The molecule has 29 heavy (non-hydrogen) atoms. The number of carbonyl (C=O) groups is 2. The molecule has 0 aliphatic carbocycles. The van der Waals surface area contributed by atoms with Gasteiger partial charge in [-0.3, -0.25) is 9.59 Å². The molecule has 0 saturated heterocycles. The maximum atomic E-state index is 13.0. The molecule has 4 rings (SSSR count). The molecule has 4 aromatic carbocycles. The fraction of sp³-hybridized carbons (Fsp3) is 0.0400. The Hall–Kier alpha value is -3.79. The van der Waals surface area contributed by atoms with Crippen LogP contribution in [0.1, 0.15) is 26.3 Å². The molecule has 0 fully saturated rings. The number of fused-ring (bicyclic) bond motifs is 1. The molecule has 0 saturated carbocycles. The number of hydrogen-bond donors (Lipinski definition) is 0. The second-order valence-electron chi connectivity index (χ2n) is 6.63. The van der Waals surface area contributed by atoms with Crippen molar-refractivity contribution in [1.82, 2.24) is 0 Å². The van der Waals surface area contributed by atoms with E-state index in [0.29, 0.717) is 22.4 Å². The van der Waals surface area contributed by atoms with Crippen molar-refractivity contribution >= 4 is 22.3 Å². The molecule has 0 aliphatic rings. The summed E-state index contributed by atoms with van der Waals surface area (Å²) in [6.07, 6.45) is 0. The molecular formula is C25H17FO3. The fourth-order valence-corrected chi connectivity index (χ4v) is 3.07. The summed E-state index contributed by atoms with van der Waals surface area (Å²) >= 11 is 0. The summed E-state index contributed by atoms with van der Waals surface area (Å²) in [5, 5.41) is 2.08. The summed E-state index contributed by atoms with van der Waals surface area (Å²) in [5.41, 5.74) is 1.46. The molecule has 0 N–H and O–H groups in total. The van der Waals surface area contributed by atoms with E-state index in [0.717, 1.165) is 10.8 Å². The lowest BCUT2D eigenvalue weighted by atomic mass is 10.0. The Morgan fingerprint density at radius 1 is 0.690 bits per heavy atom. The Labute approximate surface area is 167 Å².